The van der Waals surface area contributed by atoms with Crippen molar-refractivity contribution in [1.29, 1.82) is 0 Å². The quantitative estimate of drug-likeness (QED) is 0.566. The van der Waals surface area contributed by atoms with Crippen LogP contribution in [0.2, 0.25) is 5.02 Å². The molecule has 0 unspecified atom stereocenters. The van der Waals surface area contributed by atoms with Crippen LogP contribution in [-0.4, -0.2) is 12.1 Å². The Bertz CT molecular complexity index is 319. The largest absolute Gasteiger partial charge is 0.273 e. The molecule has 67 valence electrons. The molecule has 0 saturated carbocycles. The lowest BCUT2D eigenvalue weighted by molar-refractivity contribution is -0.116. The molecule has 1 aromatic carbocycles. The average Bonchev–Trinajstić information content (AvgIpc) is 2.08. The lowest BCUT2D eigenvalue weighted by Gasteiger charge is -1.93. The number of hydrazone groups is 1. The number of halogens is 1. The normalized spacial score (nSPS) is 10.3. The topological polar surface area (TPSA) is 41.5 Å². The Morgan fingerprint density at radius 2 is 2.08 bits per heavy atom. The van der Waals surface area contributed by atoms with Crippen molar-refractivity contribution in [2.24, 2.45) is 5.10 Å². The third kappa shape index (κ3) is 3.71. The van der Waals surface area contributed by atoms with Gasteiger partial charge >= 0.3 is 0 Å². The first-order valence-electron chi connectivity index (χ1n) is 3.59. The van der Waals surface area contributed by atoms with E-state index in [0.29, 0.717) is 5.02 Å². The highest BCUT2D eigenvalue weighted by atomic mass is 35.5. The first-order chi connectivity index (χ1) is 6.18. The van der Waals surface area contributed by atoms with E-state index in [1.165, 1.54) is 6.21 Å². The lowest BCUT2D eigenvalue weighted by atomic mass is 10.2. The summed E-state index contributed by atoms with van der Waals surface area (Å²) in [6.45, 7) is 3.10. The van der Waals surface area contributed by atoms with Gasteiger partial charge in [-0.15, -0.1) is 0 Å². The minimum atomic E-state index is -0.440. The second-order valence-corrected chi connectivity index (χ2v) is 2.78. The van der Waals surface area contributed by atoms with Crippen LogP contribution in [0.15, 0.2) is 29.4 Å². The molecule has 0 atom stereocenters. The summed E-state index contributed by atoms with van der Waals surface area (Å²) in [4.78, 5) is 10.3. The van der Waals surface area contributed by atoms with Crippen LogP contribution in [-0.2, 0) is 4.79 Å². The van der Waals surface area contributed by atoms with E-state index in [2.05, 4.69) is 17.5 Å². The highest BCUT2D eigenvalue weighted by Crippen LogP contribution is 2.07. The standard InChI is InChI=1S/C9H8ClN2O/c1-7(13)12-11-6-8-2-4-9(10)5-3-8/h2-6H,1H2,(H,12,13). The second-order valence-electron chi connectivity index (χ2n) is 2.34. The van der Waals surface area contributed by atoms with Crippen LogP contribution in [0, 0.1) is 6.92 Å². The summed E-state index contributed by atoms with van der Waals surface area (Å²) >= 11 is 5.67. The molecule has 0 aliphatic heterocycles. The predicted octanol–water partition coefficient (Wildman–Crippen LogP) is 1.62. The van der Waals surface area contributed by atoms with Gasteiger partial charge in [-0.1, -0.05) is 23.7 Å². The van der Waals surface area contributed by atoms with Crippen molar-refractivity contribution in [1.82, 2.24) is 5.43 Å². The van der Waals surface area contributed by atoms with Gasteiger partial charge in [-0.3, -0.25) is 4.79 Å². The van der Waals surface area contributed by atoms with E-state index in [1.54, 1.807) is 24.3 Å². The molecule has 0 saturated heterocycles. The highest BCUT2D eigenvalue weighted by molar-refractivity contribution is 6.30. The van der Waals surface area contributed by atoms with Crippen molar-refractivity contribution in [2.75, 3.05) is 0 Å². The lowest BCUT2D eigenvalue weighted by Crippen LogP contribution is -2.12. The van der Waals surface area contributed by atoms with Crippen LogP contribution in [0.3, 0.4) is 0 Å². The van der Waals surface area contributed by atoms with E-state index in [0.717, 1.165) is 5.56 Å². The van der Waals surface area contributed by atoms with E-state index in [-0.39, 0.29) is 0 Å². The van der Waals surface area contributed by atoms with Gasteiger partial charge in [0.05, 0.1) is 6.21 Å². The maximum atomic E-state index is 10.3. The van der Waals surface area contributed by atoms with E-state index in [9.17, 15) is 4.79 Å². The van der Waals surface area contributed by atoms with Crippen LogP contribution >= 0.6 is 11.6 Å². The second kappa shape index (κ2) is 4.62. The molecule has 0 bridgehead atoms. The molecule has 4 heteroatoms. The number of benzene rings is 1. The van der Waals surface area contributed by atoms with Crippen molar-refractivity contribution in [3.8, 4) is 0 Å². The van der Waals surface area contributed by atoms with Crippen molar-refractivity contribution < 1.29 is 4.79 Å². The maximum absolute atomic E-state index is 10.3. The molecule has 1 amide bonds. The third-order valence-corrected chi connectivity index (χ3v) is 1.52. The Morgan fingerprint density at radius 3 is 2.62 bits per heavy atom. The van der Waals surface area contributed by atoms with E-state index >= 15 is 0 Å². The number of nitrogens with zero attached hydrogens (tertiary/aromatic N) is 1. The molecule has 0 aliphatic carbocycles. The third-order valence-electron chi connectivity index (χ3n) is 1.27. The number of carbonyl (C=O) groups is 1. The maximum Gasteiger partial charge on any atom is 0.240 e. The summed E-state index contributed by atoms with van der Waals surface area (Å²) in [6, 6.07) is 7.08. The number of hydrogen-bond acceptors (Lipinski definition) is 2. The number of amides is 1. The fourth-order valence-electron chi connectivity index (χ4n) is 0.728. The zero-order valence-corrected chi connectivity index (χ0v) is 7.58. The van der Waals surface area contributed by atoms with Gasteiger partial charge in [-0.05, 0) is 17.7 Å². The van der Waals surface area contributed by atoms with Crippen LogP contribution in [0.5, 0.6) is 0 Å². The first-order valence-corrected chi connectivity index (χ1v) is 3.97. The minimum absolute atomic E-state index is 0.440. The molecule has 0 aromatic heterocycles. The fraction of sp³-hybridized carbons (Fsp3) is 0. The number of hydrogen-bond donors (Lipinski definition) is 1. The van der Waals surface area contributed by atoms with Crippen molar-refractivity contribution in [3.05, 3.63) is 41.8 Å². The number of carbonyl (C=O) groups excluding carboxylic acids is 1. The van der Waals surface area contributed by atoms with Crippen molar-refractivity contribution in [2.45, 2.75) is 0 Å². The van der Waals surface area contributed by atoms with Crippen LogP contribution in [0.1, 0.15) is 5.56 Å². The molecule has 1 N–H and O–H groups in total. The van der Waals surface area contributed by atoms with Gasteiger partial charge in [0.2, 0.25) is 5.91 Å². The summed E-state index contributed by atoms with van der Waals surface area (Å²) in [6.07, 6.45) is 1.51. The predicted molar refractivity (Wildman–Crippen MR) is 52.5 cm³/mol. The zero-order chi connectivity index (χ0) is 9.68. The molecule has 3 nitrogen and oxygen atoms in total. The van der Waals surface area contributed by atoms with Crippen molar-refractivity contribution >= 4 is 23.7 Å². The van der Waals surface area contributed by atoms with Crippen LogP contribution in [0.4, 0.5) is 0 Å². The summed E-state index contributed by atoms with van der Waals surface area (Å²) < 4.78 is 0. The fourth-order valence-corrected chi connectivity index (χ4v) is 0.854. The molecule has 0 heterocycles. The minimum Gasteiger partial charge on any atom is -0.273 e. The van der Waals surface area contributed by atoms with Gasteiger partial charge in [-0.2, -0.15) is 5.10 Å². The molecule has 1 radical (unpaired) electrons. The number of nitrogens with one attached hydrogen (secondary N) is 1. The Kier molecular flexibility index (Phi) is 3.46. The molecular formula is C9H8ClN2O. The van der Waals surface area contributed by atoms with E-state index in [1.807, 2.05) is 0 Å². The summed E-state index contributed by atoms with van der Waals surface area (Å²) in [5.74, 6) is -0.440. The Labute approximate surface area is 81.4 Å². The van der Waals surface area contributed by atoms with Gasteiger partial charge < -0.3 is 0 Å². The van der Waals surface area contributed by atoms with E-state index in [4.69, 9.17) is 11.6 Å². The summed E-state index contributed by atoms with van der Waals surface area (Å²) in [5.41, 5.74) is 3.05. The average molecular weight is 196 g/mol. The Morgan fingerprint density at radius 1 is 1.46 bits per heavy atom. The van der Waals surface area contributed by atoms with E-state index < -0.39 is 5.91 Å². The molecule has 1 aromatic rings. The van der Waals surface area contributed by atoms with Crippen LogP contribution in [0.25, 0.3) is 0 Å². The molecule has 0 spiro atoms. The van der Waals surface area contributed by atoms with Gasteiger partial charge in [0, 0.05) is 11.9 Å². The molecule has 1 rings (SSSR count). The van der Waals surface area contributed by atoms with Gasteiger partial charge in [0.1, 0.15) is 0 Å². The SMILES string of the molecule is [CH2]C(=O)NN=Cc1ccc(Cl)cc1. The number of rotatable bonds is 2. The van der Waals surface area contributed by atoms with Crippen LogP contribution < -0.4 is 5.43 Å². The first kappa shape index (κ1) is 9.74. The Balaban J connectivity index is 2.59. The summed E-state index contributed by atoms with van der Waals surface area (Å²) in [7, 11) is 0. The van der Waals surface area contributed by atoms with Gasteiger partial charge in [0.25, 0.3) is 0 Å². The smallest absolute Gasteiger partial charge is 0.240 e. The molecule has 13 heavy (non-hydrogen) atoms. The van der Waals surface area contributed by atoms with Crippen molar-refractivity contribution in [3.63, 3.8) is 0 Å². The Hall–Kier alpha value is -1.35. The van der Waals surface area contributed by atoms with Gasteiger partial charge in [0.15, 0.2) is 0 Å². The van der Waals surface area contributed by atoms with Gasteiger partial charge in [-0.25, -0.2) is 5.43 Å². The monoisotopic (exact) mass is 195 g/mol. The molecule has 0 aliphatic rings. The zero-order valence-electron chi connectivity index (χ0n) is 6.83. The molecule has 0 fully saturated rings. The highest BCUT2D eigenvalue weighted by Gasteiger charge is 1.88. The molecular weight excluding hydrogens is 188 g/mol. The summed E-state index contributed by atoms with van der Waals surface area (Å²) in [5, 5.41) is 4.31.